The highest BCUT2D eigenvalue weighted by Gasteiger charge is 2.63. The van der Waals surface area contributed by atoms with Crippen molar-refractivity contribution >= 4 is 0 Å². The molecule has 6 heteroatoms. The summed E-state index contributed by atoms with van der Waals surface area (Å²) in [6.07, 6.45) is 9.23. The lowest BCUT2D eigenvalue weighted by Gasteiger charge is -2.56. The molecule has 2 saturated carbocycles. The van der Waals surface area contributed by atoms with E-state index in [1.54, 1.807) is 6.07 Å². The first-order valence-electron chi connectivity index (χ1n) is 15.7. The molecule has 3 aliphatic carbocycles. The molecular weight excluding hydrogens is 499 g/mol. The van der Waals surface area contributed by atoms with E-state index in [9.17, 15) is 19.0 Å². The van der Waals surface area contributed by atoms with E-state index in [1.165, 1.54) is 0 Å². The Morgan fingerprint density at radius 2 is 1.67 bits per heavy atom. The van der Waals surface area contributed by atoms with Crippen LogP contribution in [0.15, 0.2) is 18.2 Å². The van der Waals surface area contributed by atoms with Gasteiger partial charge in [-0.15, -0.1) is 0 Å². The fourth-order valence-corrected chi connectivity index (χ4v) is 8.57. The smallest absolute Gasteiger partial charge is 0.238 e. The summed E-state index contributed by atoms with van der Waals surface area (Å²) in [5, 5.41) is 21.4. The minimum atomic E-state index is -2.16. The molecule has 0 aliphatic heterocycles. The fourth-order valence-electron chi connectivity index (χ4n) is 8.57. The Hall–Kier alpha value is -1.27. The maximum Gasteiger partial charge on any atom is 0.238 e. The molecule has 0 saturated heterocycles. The number of benzene rings is 1. The Labute approximate surface area is 234 Å². The summed E-state index contributed by atoms with van der Waals surface area (Å²) >= 11 is 0. The molecule has 1 aromatic carbocycles. The van der Waals surface area contributed by atoms with Crippen molar-refractivity contribution in [2.24, 2.45) is 23.2 Å². The van der Waals surface area contributed by atoms with Gasteiger partial charge in [0.1, 0.15) is 11.9 Å². The van der Waals surface area contributed by atoms with Crippen molar-refractivity contribution in [3.05, 3.63) is 29.3 Å². The number of phenols is 1. The molecular formula is C33H52F3NO2. The summed E-state index contributed by atoms with van der Waals surface area (Å²) in [5.74, 6) is 1.09. The van der Waals surface area contributed by atoms with E-state index in [-0.39, 0.29) is 29.4 Å². The van der Waals surface area contributed by atoms with Crippen LogP contribution in [0.4, 0.5) is 13.2 Å². The summed E-state index contributed by atoms with van der Waals surface area (Å²) in [5.41, 5.74) is 1.01. The van der Waals surface area contributed by atoms with Crippen molar-refractivity contribution < 1.29 is 23.4 Å². The molecule has 0 amide bonds. The van der Waals surface area contributed by atoms with E-state index >= 15 is 4.39 Å². The van der Waals surface area contributed by atoms with Crippen LogP contribution in [0.1, 0.15) is 114 Å². The van der Waals surface area contributed by atoms with Crippen LogP contribution in [0.2, 0.25) is 0 Å². The number of alkyl halides is 3. The van der Waals surface area contributed by atoms with Crippen molar-refractivity contribution in [1.29, 1.82) is 0 Å². The van der Waals surface area contributed by atoms with Crippen LogP contribution in [0, 0.1) is 23.2 Å². The molecule has 4 rings (SSSR count). The number of aliphatic hydroxyl groups is 1. The molecule has 0 radical (unpaired) electrons. The molecule has 4 unspecified atom stereocenters. The van der Waals surface area contributed by atoms with Gasteiger partial charge in [0.15, 0.2) is 0 Å². The fraction of sp³-hybridized carbons (Fsp3) is 0.818. The second-order valence-corrected chi connectivity index (χ2v) is 13.6. The SMILES string of the molecule is CN(CCCCCCCC(F)F)CCCCCC1Cc2cc(O)ccc2C2C1C1CC[C@](C)(O)[C@@]1(C)C[C@@H]2F. The van der Waals surface area contributed by atoms with Crippen LogP contribution >= 0.6 is 0 Å². The molecule has 2 N–H and O–H groups in total. The number of hydrogen-bond acceptors (Lipinski definition) is 3. The largest absolute Gasteiger partial charge is 0.508 e. The van der Waals surface area contributed by atoms with Crippen LogP contribution in [0.25, 0.3) is 0 Å². The number of nitrogens with zero attached hydrogens (tertiary/aromatic N) is 1. The quantitative estimate of drug-likeness (QED) is 0.229. The predicted octanol–water partition coefficient (Wildman–Crippen LogP) is 8.27. The van der Waals surface area contributed by atoms with Crippen LogP contribution in [0.5, 0.6) is 5.75 Å². The minimum absolute atomic E-state index is 0.0340. The van der Waals surface area contributed by atoms with Gasteiger partial charge in [0, 0.05) is 17.8 Å². The van der Waals surface area contributed by atoms with E-state index in [1.807, 2.05) is 19.1 Å². The zero-order valence-corrected chi connectivity index (χ0v) is 24.5. The molecule has 0 bridgehead atoms. The van der Waals surface area contributed by atoms with Gasteiger partial charge in [0.25, 0.3) is 0 Å². The summed E-state index contributed by atoms with van der Waals surface area (Å²) in [4.78, 5) is 2.38. The first kappa shape index (κ1) is 30.7. The van der Waals surface area contributed by atoms with Gasteiger partial charge in [0.2, 0.25) is 6.43 Å². The van der Waals surface area contributed by atoms with E-state index in [2.05, 4.69) is 18.9 Å². The Bertz CT molecular complexity index is 924. The topological polar surface area (TPSA) is 43.7 Å². The lowest BCUT2D eigenvalue weighted by molar-refractivity contribution is -0.120. The zero-order valence-electron chi connectivity index (χ0n) is 24.5. The maximum atomic E-state index is 16.0. The predicted molar refractivity (Wildman–Crippen MR) is 152 cm³/mol. The summed E-state index contributed by atoms with van der Waals surface area (Å²) in [6.45, 7) is 6.18. The lowest BCUT2D eigenvalue weighted by Crippen LogP contribution is -2.54. The third kappa shape index (κ3) is 6.97. The molecule has 3 aliphatic rings. The van der Waals surface area contributed by atoms with Crippen molar-refractivity contribution in [2.75, 3.05) is 20.1 Å². The van der Waals surface area contributed by atoms with Gasteiger partial charge >= 0.3 is 0 Å². The number of phenolic OH excluding ortho intramolecular Hbond substituents is 1. The summed E-state index contributed by atoms with van der Waals surface area (Å²) in [6, 6.07) is 5.53. The number of halogens is 3. The number of unbranched alkanes of at least 4 members (excludes halogenated alkanes) is 6. The monoisotopic (exact) mass is 551 g/mol. The van der Waals surface area contributed by atoms with Crippen LogP contribution in [0.3, 0.4) is 0 Å². The Morgan fingerprint density at radius 3 is 2.38 bits per heavy atom. The van der Waals surface area contributed by atoms with Gasteiger partial charge < -0.3 is 15.1 Å². The van der Waals surface area contributed by atoms with E-state index < -0.39 is 18.2 Å². The highest BCUT2D eigenvalue weighted by atomic mass is 19.3. The van der Waals surface area contributed by atoms with Crippen molar-refractivity contribution in [3.63, 3.8) is 0 Å². The molecule has 0 aromatic heterocycles. The van der Waals surface area contributed by atoms with E-state index in [4.69, 9.17) is 0 Å². The van der Waals surface area contributed by atoms with Crippen molar-refractivity contribution in [2.45, 2.75) is 128 Å². The normalized spacial score (nSPS) is 33.8. The highest BCUT2D eigenvalue weighted by molar-refractivity contribution is 5.41. The first-order valence-corrected chi connectivity index (χ1v) is 15.7. The van der Waals surface area contributed by atoms with Crippen molar-refractivity contribution in [3.8, 4) is 5.75 Å². The molecule has 7 atom stereocenters. The Kier molecular flexibility index (Phi) is 10.3. The summed E-state index contributed by atoms with van der Waals surface area (Å²) < 4.78 is 40.5. The van der Waals surface area contributed by atoms with E-state index in [0.29, 0.717) is 24.7 Å². The number of aromatic hydroxyl groups is 1. The lowest BCUT2D eigenvalue weighted by atomic mass is 9.50. The zero-order chi connectivity index (χ0) is 28.2. The second-order valence-electron chi connectivity index (χ2n) is 13.6. The van der Waals surface area contributed by atoms with Crippen LogP contribution in [-0.2, 0) is 6.42 Å². The van der Waals surface area contributed by atoms with Crippen LogP contribution < -0.4 is 0 Å². The van der Waals surface area contributed by atoms with E-state index in [0.717, 1.165) is 94.8 Å². The standard InChI is InChI=1S/C33H52F3NO2/c1-32-22-28(34)31-26-15-14-25(38)21-24(26)20-23(30(31)27(32)16-17-33(32,2)39)12-8-7-11-19-37(3)18-10-6-4-5-9-13-29(35)36/h14-15,21,23,27-31,38-39H,4-13,16-20,22H2,1-3H3/t23?,27?,28-,30?,31?,32-,33-/m0/s1. The molecule has 39 heavy (non-hydrogen) atoms. The van der Waals surface area contributed by atoms with Gasteiger partial charge in [-0.25, -0.2) is 13.2 Å². The average molecular weight is 552 g/mol. The average Bonchev–Trinajstić information content (AvgIpc) is 3.10. The van der Waals surface area contributed by atoms with Crippen molar-refractivity contribution in [1.82, 2.24) is 4.90 Å². The van der Waals surface area contributed by atoms with Gasteiger partial charge in [-0.3, -0.25) is 0 Å². The van der Waals surface area contributed by atoms with Gasteiger partial charge in [0.05, 0.1) is 5.60 Å². The molecule has 3 nitrogen and oxygen atoms in total. The van der Waals surface area contributed by atoms with Gasteiger partial charge in [-0.1, -0.05) is 45.1 Å². The molecule has 222 valence electrons. The second kappa shape index (κ2) is 13.1. The number of rotatable bonds is 14. The molecule has 0 spiro atoms. The summed E-state index contributed by atoms with van der Waals surface area (Å²) in [7, 11) is 2.17. The highest BCUT2D eigenvalue weighted by Crippen LogP contribution is 2.66. The maximum absolute atomic E-state index is 16.0. The third-order valence-electron chi connectivity index (χ3n) is 11.0. The molecule has 1 aromatic rings. The molecule has 2 fully saturated rings. The third-order valence-corrected chi connectivity index (χ3v) is 11.0. The molecule has 0 heterocycles. The van der Waals surface area contributed by atoms with Crippen LogP contribution in [-0.4, -0.2) is 53.4 Å². The number of hydrogen-bond donors (Lipinski definition) is 2. The first-order chi connectivity index (χ1) is 18.5. The van der Waals surface area contributed by atoms with Gasteiger partial charge in [-0.2, -0.15) is 0 Å². The number of fused-ring (bicyclic) bond motifs is 5. The Morgan fingerprint density at radius 1 is 1.00 bits per heavy atom. The minimum Gasteiger partial charge on any atom is -0.508 e. The Balaban J connectivity index is 1.28. The van der Waals surface area contributed by atoms with Gasteiger partial charge in [-0.05, 0) is 119 Å².